The molecule has 0 fully saturated rings. The van der Waals surface area contributed by atoms with E-state index in [1.807, 2.05) is 20.8 Å². The number of carbonyl (C=O) groups is 1. The lowest BCUT2D eigenvalue weighted by Crippen LogP contribution is -2.16. The van der Waals surface area contributed by atoms with Crippen LogP contribution in [0.4, 0.5) is 10.7 Å². The van der Waals surface area contributed by atoms with Crippen molar-refractivity contribution in [3.05, 3.63) is 28.6 Å². The second-order valence-corrected chi connectivity index (χ2v) is 9.18. The van der Waals surface area contributed by atoms with Crippen molar-refractivity contribution in [1.82, 2.24) is 8.75 Å². The molecule has 0 saturated heterocycles. The third-order valence-electron chi connectivity index (χ3n) is 3.89. The van der Waals surface area contributed by atoms with Crippen LogP contribution >= 0.6 is 23.1 Å². The molecule has 7 nitrogen and oxygen atoms in total. The summed E-state index contributed by atoms with van der Waals surface area (Å²) in [7, 11) is -3.87. The molecule has 10 heteroatoms. The van der Waals surface area contributed by atoms with E-state index >= 15 is 0 Å². The fourth-order valence-electron chi connectivity index (χ4n) is 2.45. The summed E-state index contributed by atoms with van der Waals surface area (Å²) in [4.78, 5) is 13.0. The summed E-state index contributed by atoms with van der Waals surface area (Å²) in [6.45, 7) is 5.66. The number of aryl methyl sites for hydroxylation is 1. The van der Waals surface area contributed by atoms with Gasteiger partial charge in [-0.05, 0) is 38.0 Å². The van der Waals surface area contributed by atoms with Crippen LogP contribution in [0, 0.1) is 13.8 Å². The Bertz CT molecular complexity index is 1070. The molecular formula is C16H18N4O3S3. The topological polar surface area (TPSA) is 101 Å². The molecule has 26 heavy (non-hydrogen) atoms. The van der Waals surface area contributed by atoms with E-state index < -0.39 is 10.0 Å². The molecule has 1 amide bonds. The van der Waals surface area contributed by atoms with Gasteiger partial charge in [0.15, 0.2) is 0 Å². The zero-order valence-corrected chi connectivity index (χ0v) is 16.9. The highest BCUT2D eigenvalue weighted by Gasteiger charge is 2.24. The minimum absolute atomic E-state index is 0.0679. The third kappa shape index (κ3) is 3.57. The highest BCUT2D eigenvalue weighted by molar-refractivity contribution is 7.93. The Morgan fingerprint density at radius 2 is 2.00 bits per heavy atom. The van der Waals surface area contributed by atoms with Crippen molar-refractivity contribution in [2.45, 2.75) is 38.5 Å². The van der Waals surface area contributed by atoms with E-state index in [9.17, 15) is 13.2 Å². The maximum absolute atomic E-state index is 12.9. The van der Waals surface area contributed by atoms with Crippen LogP contribution in [0.15, 0.2) is 23.1 Å². The van der Waals surface area contributed by atoms with Gasteiger partial charge in [-0.15, -0.1) is 11.3 Å². The van der Waals surface area contributed by atoms with Crippen LogP contribution < -0.4 is 10.0 Å². The minimum atomic E-state index is -3.87. The number of amides is 1. The molecule has 0 aliphatic carbocycles. The van der Waals surface area contributed by atoms with Crippen molar-refractivity contribution >= 4 is 60.7 Å². The van der Waals surface area contributed by atoms with Crippen LogP contribution in [-0.2, 0) is 14.8 Å². The van der Waals surface area contributed by atoms with Crippen LogP contribution in [0.1, 0.15) is 30.2 Å². The number of nitrogens with one attached hydrogen (secondary N) is 2. The first-order chi connectivity index (χ1) is 12.3. The summed E-state index contributed by atoms with van der Waals surface area (Å²) in [6.07, 6.45) is 1.10. The van der Waals surface area contributed by atoms with Crippen molar-refractivity contribution in [2.75, 3.05) is 10.0 Å². The van der Waals surface area contributed by atoms with E-state index in [4.69, 9.17) is 0 Å². The molecule has 3 rings (SSSR count). The van der Waals surface area contributed by atoms with Crippen molar-refractivity contribution in [3.63, 3.8) is 0 Å². The number of hydrogen-bond acceptors (Lipinski definition) is 7. The number of thiophene rings is 1. The molecule has 138 valence electrons. The Labute approximate surface area is 159 Å². The van der Waals surface area contributed by atoms with Crippen LogP contribution in [0.25, 0.3) is 11.0 Å². The number of benzene rings is 1. The second kappa shape index (κ2) is 7.29. The molecule has 0 unspecified atom stereocenters. The lowest BCUT2D eigenvalue weighted by molar-refractivity contribution is -0.116. The zero-order valence-electron chi connectivity index (χ0n) is 14.5. The van der Waals surface area contributed by atoms with Gasteiger partial charge in [0.1, 0.15) is 20.9 Å². The molecule has 2 aromatic heterocycles. The summed E-state index contributed by atoms with van der Waals surface area (Å²) in [5.74, 6) is -0.139. The Morgan fingerprint density at radius 1 is 1.23 bits per heavy atom. The average Bonchev–Trinajstić information content (AvgIpc) is 3.15. The molecule has 0 radical (unpaired) electrons. The largest absolute Gasteiger partial charge is 0.323 e. The fraction of sp³-hybridized carbons (Fsp3) is 0.312. The van der Waals surface area contributed by atoms with Gasteiger partial charge in [0.05, 0.1) is 17.4 Å². The van der Waals surface area contributed by atoms with E-state index in [0.29, 0.717) is 34.6 Å². The van der Waals surface area contributed by atoms with Gasteiger partial charge >= 0.3 is 0 Å². The van der Waals surface area contributed by atoms with E-state index in [2.05, 4.69) is 18.8 Å². The summed E-state index contributed by atoms with van der Waals surface area (Å²) >= 11 is 2.26. The van der Waals surface area contributed by atoms with Gasteiger partial charge in [0.25, 0.3) is 10.0 Å². The Hall–Kier alpha value is -2.04. The van der Waals surface area contributed by atoms with Crippen LogP contribution in [0.5, 0.6) is 0 Å². The lowest BCUT2D eigenvalue weighted by Gasteiger charge is -2.11. The van der Waals surface area contributed by atoms with Crippen molar-refractivity contribution in [3.8, 4) is 0 Å². The Kier molecular flexibility index (Phi) is 5.26. The highest BCUT2D eigenvalue weighted by atomic mass is 32.2. The molecule has 0 atom stereocenters. The van der Waals surface area contributed by atoms with Gasteiger partial charge in [-0.1, -0.05) is 13.0 Å². The molecule has 0 bridgehead atoms. The molecule has 2 N–H and O–H groups in total. The van der Waals surface area contributed by atoms with Gasteiger partial charge in [-0.25, -0.2) is 8.42 Å². The minimum Gasteiger partial charge on any atom is -0.323 e. The molecule has 3 aromatic rings. The van der Waals surface area contributed by atoms with Crippen LogP contribution in [-0.4, -0.2) is 23.1 Å². The smallest absolute Gasteiger partial charge is 0.264 e. The number of anilines is 2. The third-order valence-corrected chi connectivity index (χ3v) is 7.07. The molecule has 0 spiro atoms. The number of fused-ring (bicyclic) bond motifs is 1. The van der Waals surface area contributed by atoms with E-state index in [-0.39, 0.29) is 10.8 Å². The Morgan fingerprint density at radius 3 is 2.73 bits per heavy atom. The highest BCUT2D eigenvalue weighted by Crippen LogP contribution is 2.39. The second-order valence-electron chi connectivity index (χ2n) is 5.78. The van der Waals surface area contributed by atoms with Crippen LogP contribution in [0.3, 0.4) is 0 Å². The van der Waals surface area contributed by atoms with E-state index in [0.717, 1.165) is 22.2 Å². The van der Waals surface area contributed by atoms with Gasteiger partial charge in [-0.3, -0.25) is 9.52 Å². The fourth-order valence-corrected chi connectivity index (χ4v) is 5.54. The standard InChI is InChI=1S/C16H18N4O3S3/c1-4-6-13(21)17-14-9(2)10(3)24-16(14)20-26(22,23)12-8-5-7-11-15(12)19-25-18-11/h5,7-8,20H,4,6H2,1-3H3,(H,17,21). The molecule has 1 aromatic carbocycles. The van der Waals surface area contributed by atoms with Gasteiger partial charge in [0, 0.05) is 11.3 Å². The van der Waals surface area contributed by atoms with Crippen molar-refractivity contribution < 1.29 is 13.2 Å². The summed E-state index contributed by atoms with van der Waals surface area (Å²) < 4.78 is 36.6. The first kappa shape index (κ1) is 18.7. The SMILES string of the molecule is CCCC(=O)Nc1c(NS(=O)(=O)c2cccc3nsnc23)sc(C)c1C. The summed E-state index contributed by atoms with van der Waals surface area (Å²) in [5, 5.41) is 3.22. The number of aromatic nitrogens is 2. The molecule has 0 aliphatic rings. The molecular weight excluding hydrogens is 392 g/mol. The predicted octanol–water partition coefficient (Wildman–Crippen LogP) is 3.91. The first-order valence-corrected chi connectivity index (χ1v) is 11.0. The normalized spacial score (nSPS) is 11.7. The monoisotopic (exact) mass is 410 g/mol. The number of rotatable bonds is 6. The Balaban J connectivity index is 1.99. The first-order valence-electron chi connectivity index (χ1n) is 7.97. The predicted molar refractivity (Wildman–Crippen MR) is 106 cm³/mol. The molecule has 2 heterocycles. The van der Waals surface area contributed by atoms with Gasteiger partial charge in [-0.2, -0.15) is 8.75 Å². The average molecular weight is 411 g/mol. The van der Waals surface area contributed by atoms with Crippen molar-refractivity contribution in [2.24, 2.45) is 0 Å². The lowest BCUT2D eigenvalue weighted by atomic mass is 10.2. The van der Waals surface area contributed by atoms with Gasteiger partial charge < -0.3 is 5.32 Å². The number of nitrogens with zero attached hydrogens (tertiary/aromatic N) is 2. The summed E-state index contributed by atoms with van der Waals surface area (Å²) in [6, 6.07) is 4.84. The number of carbonyl (C=O) groups excluding carboxylic acids is 1. The van der Waals surface area contributed by atoms with E-state index in [1.54, 1.807) is 12.1 Å². The number of sulfonamides is 1. The molecule has 0 aliphatic heterocycles. The molecule has 0 saturated carbocycles. The zero-order chi connectivity index (χ0) is 18.9. The maximum atomic E-state index is 12.9. The van der Waals surface area contributed by atoms with E-state index in [1.165, 1.54) is 17.4 Å². The number of hydrogen-bond donors (Lipinski definition) is 2. The van der Waals surface area contributed by atoms with Crippen molar-refractivity contribution in [1.29, 1.82) is 0 Å². The quantitative estimate of drug-likeness (QED) is 0.642. The maximum Gasteiger partial charge on any atom is 0.264 e. The van der Waals surface area contributed by atoms with Gasteiger partial charge in [0.2, 0.25) is 5.91 Å². The summed E-state index contributed by atoms with van der Waals surface area (Å²) in [5.41, 5.74) is 2.24. The van der Waals surface area contributed by atoms with Crippen LogP contribution in [0.2, 0.25) is 0 Å².